The smallest absolute Gasteiger partial charge is 0.0741 e. The maximum Gasteiger partial charge on any atom is 0.0741 e. The van der Waals surface area contributed by atoms with Gasteiger partial charge in [-0.25, -0.2) is 0 Å². The van der Waals surface area contributed by atoms with Gasteiger partial charge in [-0.3, -0.25) is 5.10 Å². The Balaban J connectivity index is 2.67. The largest absolute Gasteiger partial charge is 0.285 e. The van der Waals surface area contributed by atoms with Crippen molar-refractivity contribution in [3.05, 3.63) is 24.4 Å². The molecule has 0 spiro atoms. The van der Waals surface area contributed by atoms with Crippen LogP contribution in [0.15, 0.2) is 12.3 Å². The summed E-state index contributed by atoms with van der Waals surface area (Å²) in [5.41, 5.74) is 0.861. The number of rotatable bonds is 1. The fourth-order valence-electron chi connectivity index (χ4n) is 0.480. The quantitative estimate of drug-likeness (QED) is 0.519. The van der Waals surface area contributed by atoms with E-state index in [-0.39, 0.29) is 0 Å². The second-order valence-corrected chi connectivity index (χ2v) is 1.42. The van der Waals surface area contributed by atoms with Gasteiger partial charge in [0.05, 0.1) is 12.1 Å². The zero-order valence-corrected chi connectivity index (χ0v) is 4.31. The lowest BCUT2D eigenvalue weighted by Crippen LogP contribution is -1.78. The van der Waals surface area contributed by atoms with Gasteiger partial charge in [-0.2, -0.15) is 5.10 Å². The molecule has 1 heterocycles. The summed E-state index contributed by atoms with van der Waals surface area (Å²) >= 11 is 0. The van der Waals surface area contributed by atoms with Gasteiger partial charge in [0, 0.05) is 6.20 Å². The average Bonchev–Trinajstić information content (AvgIpc) is 2.19. The summed E-state index contributed by atoms with van der Waals surface area (Å²) in [5.74, 6) is 2.24. The molecule has 2 nitrogen and oxygen atoms in total. The van der Waals surface area contributed by atoms with E-state index in [0.717, 1.165) is 5.69 Å². The first kappa shape index (κ1) is 4.92. The van der Waals surface area contributed by atoms with Crippen molar-refractivity contribution in [2.24, 2.45) is 0 Å². The highest BCUT2D eigenvalue weighted by molar-refractivity contribution is 5.04. The van der Waals surface area contributed by atoms with Crippen molar-refractivity contribution in [2.75, 3.05) is 0 Å². The van der Waals surface area contributed by atoms with Crippen molar-refractivity contribution in [2.45, 2.75) is 6.42 Å². The van der Waals surface area contributed by atoms with Crippen LogP contribution in [-0.4, -0.2) is 10.2 Å². The number of aromatic nitrogens is 2. The van der Waals surface area contributed by atoms with E-state index in [1.807, 2.05) is 6.07 Å². The van der Waals surface area contributed by atoms with E-state index in [2.05, 4.69) is 16.1 Å². The van der Waals surface area contributed by atoms with E-state index < -0.39 is 0 Å². The number of H-pyrrole nitrogens is 1. The van der Waals surface area contributed by atoms with Gasteiger partial charge in [-0.15, -0.1) is 0 Å². The van der Waals surface area contributed by atoms with Crippen molar-refractivity contribution in [3.63, 3.8) is 0 Å². The standard InChI is InChI=1S/C6H5N2/c1-2-3-6-4-5-7-8-6/h4-5H,3H2,(H,7,8). The Bertz CT molecular complexity index is 181. The third-order valence-corrected chi connectivity index (χ3v) is 0.828. The molecule has 0 aromatic carbocycles. The second-order valence-electron chi connectivity index (χ2n) is 1.42. The highest BCUT2D eigenvalue weighted by Crippen LogP contribution is 1.89. The molecule has 1 radical (unpaired) electrons. The van der Waals surface area contributed by atoms with E-state index in [1.54, 1.807) is 6.20 Å². The van der Waals surface area contributed by atoms with Crippen LogP contribution in [0.4, 0.5) is 0 Å². The minimum atomic E-state index is 0.503. The van der Waals surface area contributed by atoms with Crippen LogP contribution in [0.1, 0.15) is 5.69 Å². The lowest BCUT2D eigenvalue weighted by atomic mass is 10.3. The Hall–Kier alpha value is -1.23. The van der Waals surface area contributed by atoms with Crippen LogP contribution >= 0.6 is 0 Å². The minimum absolute atomic E-state index is 0.503. The summed E-state index contributed by atoms with van der Waals surface area (Å²) in [6, 6.07) is 1.82. The minimum Gasteiger partial charge on any atom is -0.285 e. The molecule has 0 aliphatic carbocycles. The summed E-state index contributed by atoms with van der Waals surface area (Å²) in [6.07, 6.45) is 8.81. The van der Waals surface area contributed by atoms with E-state index in [4.69, 9.17) is 6.42 Å². The highest BCUT2D eigenvalue weighted by atomic mass is 15.1. The molecule has 8 heavy (non-hydrogen) atoms. The summed E-state index contributed by atoms with van der Waals surface area (Å²) in [7, 11) is 0. The lowest BCUT2D eigenvalue weighted by Gasteiger charge is -1.77. The van der Waals surface area contributed by atoms with Crippen molar-refractivity contribution in [1.82, 2.24) is 10.2 Å². The fraction of sp³-hybridized carbons (Fsp3) is 0.167. The molecule has 39 valence electrons. The Kier molecular flexibility index (Phi) is 1.34. The number of hydrogen-bond donors (Lipinski definition) is 1. The van der Waals surface area contributed by atoms with Gasteiger partial charge in [0.15, 0.2) is 0 Å². The van der Waals surface area contributed by atoms with Crippen LogP contribution in [-0.2, 0) is 6.42 Å². The van der Waals surface area contributed by atoms with Crippen molar-refractivity contribution >= 4 is 0 Å². The Labute approximate surface area is 47.9 Å². The molecule has 0 unspecified atom stereocenters. The summed E-state index contributed by atoms with van der Waals surface area (Å²) < 4.78 is 0. The maximum atomic E-state index is 6.57. The molecule has 0 saturated heterocycles. The SMILES string of the molecule is [C]#CCc1cc[nH]n1. The third-order valence-electron chi connectivity index (χ3n) is 0.828. The van der Waals surface area contributed by atoms with Crippen molar-refractivity contribution in [1.29, 1.82) is 0 Å². The van der Waals surface area contributed by atoms with Gasteiger partial charge in [-0.1, -0.05) is 5.92 Å². The maximum absolute atomic E-state index is 6.57. The van der Waals surface area contributed by atoms with Crippen LogP contribution in [0.2, 0.25) is 0 Å². The van der Waals surface area contributed by atoms with Crippen molar-refractivity contribution in [3.8, 4) is 5.92 Å². The normalized spacial score (nSPS) is 8.38. The van der Waals surface area contributed by atoms with Gasteiger partial charge in [0.25, 0.3) is 0 Å². The topological polar surface area (TPSA) is 28.7 Å². The molecule has 0 aliphatic rings. The van der Waals surface area contributed by atoms with Gasteiger partial charge < -0.3 is 0 Å². The van der Waals surface area contributed by atoms with Crippen LogP contribution in [0.5, 0.6) is 0 Å². The first-order chi connectivity index (χ1) is 3.93. The zero-order valence-electron chi connectivity index (χ0n) is 4.31. The summed E-state index contributed by atoms with van der Waals surface area (Å²) in [4.78, 5) is 0. The van der Waals surface area contributed by atoms with Crippen LogP contribution in [0.3, 0.4) is 0 Å². The summed E-state index contributed by atoms with van der Waals surface area (Å²) in [5, 5.41) is 6.44. The second kappa shape index (κ2) is 2.17. The van der Waals surface area contributed by atoms with E-state index in [0.29, 0.717) is 6.42 Å². The monoisotopic (exact) mass is 105 g/mol. The first-order valence-electron chi connectivity index (χ1n) is 2.32. The molecule has 1 aromatic heterocycles. The fourth-order valence-corrected chi connectivity index (χ4v) is 0.480. The average molecular weight is 105 g/mol. The van der Waals surface area contributed by atoms with Gasteiger partial charge in [0.2, 0.25) is 0 Å². The molecule has 0 bridgehead atoms. The Morgan fingerprint density at radius 2 is 2.75 bits per heavy atom. The van der Waals surface area contributed by atoms with Gasteiger partial charge >= 0.3 is 0 Å². The van der Waals surface area contributed by atoms with Gasteiger partial charge in [0.1, 0.15) is 0 Å². The lowest BCUT2D eigenvalue weighted by molar-refractivity contribution is 1.02. The molecule has 0 fully saturated rings. The van der Waals surface area contributed by atoms with E-state index in [1.165, 1.54) is 0 Å². The number of nitrogens with zero attached hydrogens (tertiary/aromatic N) is 1. The molecule has 2 heteroatoms. The van der Waals surface area contributed by atoms with E-state index in [9.17, 15) is 0 Å². The predicted molar refractivity (Wildman–Crippen MR) is 29.4 cm³/mol. The third kappa shape index (κ3) is 0.881. The van der Waals surface area contributed by atoms with Crippen LogP contribution in [0, 0.1) is 12.3 Å². The van der Waals surface area contributed by atoms with Crippen molar-refractivity contribution < 1.29 is 0 Å². The van der Waals surface area contributed by atoms with Crippen LogP contribution < -0.4 is 0 Å². The van der Waals surface area contributed by atoms with E-state index >= 15 is 0 Å². The highest BCUT2D eigenvalue weighted by Gasteiger charge is 1.86. The molecular weight excluding hydrogens is 100 g/mol. The number of aromatic amines is 1. The Morgan fingerprint density at radius 1 is 1.88 bits per heavy atom. The molecule has 1 aromatic rings. The molecule has 0 saturated carbocycles. The number of hydrogen-bond acceptors (Lipinski definition) is 1. The number of nitrogens with one attached hydrogen (secondary N) is 1. The van der Waals surface area contributed by atoms with Gasteiger partial charge in [-0.05, 0) is 12.5 Å². The molecule has 1 N–H and O–H groups in total. The molecule has 1 rings (SSSR count). The predicted octanol–water partition coefficient (Wildman–Crippen LogP) is 0.542. The Morgan fingerprint density at radius 3 is 3.25 bits per heavy atom. The van der Waals surface area contributed by atoms with Crippen LogP contribution in [0.25, 0.3) is 0 Å². The first-order valence-corrected chi connectivity index (χ1v) is 2.32. The summed E-state index contributed by atoms with van der Waals surface area (Å²) in [6.45, 7) is 0. The molecule has 0 amide bonds. The molecule has 0 aliphatic heterocycles. The molecule has 0 atom stereocenters. The molecular formula is C6H5N2. The zero-order chi connectivity index (χ0) is 5.82.